The van der Waals surface area contributed by atoms with Gasteiger partial charge in [-0.15, -0.1) is 0 Å². The van der Waals surface area contributed by atoms with Gasteiger partial charge in [-0.1, -0.05) is 54.6 Å². The normalized spacial score (nSPS) is 13.0. The van der Waals surface area contributed by atoms with Gasteiger partial charge in [-0.05, 0) is 75.6 Å². The van der Waals surface area contributed by atoms with Crippen molar-refractivity contribution >= 4 is 8.30 Å². The largest absolute Gasteiger partial charge is 0.497 e. The first-order valence-corrected chi connectivity index (χ1v) is 18.3. The van der Waals surface area contributed by atoms with Gasteiger partial charge >= 0.3 is 5.69 Å². The molecule has 0 amide bonds. The highest BCUT2D eigenvalue weighted by molar-refractivity contribution is 7.50. The Bertz CT molecular complexity index is 1740. The van der Waals surface area contributed by atoms with Gasteiger partial charge in [0, 0.05) is 48.9 Å². The second-order valence-corrected chi connectivity index (χ2v) is 14.6. The molecular formula is C39H49N4O6P. The number of nitrogens with one attached hydrogen (secondary N) is 1. The number of aromatic nitrogens is 2. The summed E-state index contributed by atoms with van der Waals surface area (Å²) in [7, 11) is 2.13. The van der Waals surface area contributed by atoms with Crippen molar-refractivity contribution in [2.45, 2.75) is 65.3 Å². The lowest BCUT2D eigenvalue weighted by molar-refractivity contribution is -0.0198. The van der Waals surface area contributed by atoms with Crippen LogP contribution in [0.5, 0.6) is 11.5 Å². The molecule has 0 saturated heterocycles. The smallest absolute Gasteiger partial charge is 0.328 e. The summed E-state index contributed by atoms with van der Waals surface area (Å²) in [6.07, 6.45) is 2.55. The number of aryl methyl sites for hydroxylation is 1. The van der Waals surface area contributed by atoms with Crippen molar-refractivity contribution in [3.05, 3.63) is 128 Å². The van der Waals surface area contributed by atoms with Crippen molar-refractivity contribution in [2.75, 3.05) is 33.6 Å². The van der Waals surface area contributed by atoms with Crippen LogP contribution in [0.3, 0.4) is 0 Å². The summed E-state index contributed by atoms with van der Waals surface area (Å²) < 4.78 is 28.8. The van der Waals surface area contributed by atoms with Gasteiger partial charge in [-0.3, -0.25) is 19.0 Å². The van der Waals surface area contributed by atoms with Crippen LogP contribution in [-0.4, -0.2) is 59.9 Å². The molecule has 0 fully saturated rings. The third-order valence-corrected chi connectivity index (χ3v) is 11.0. The van der Waals surface area contributed by atoms with E-state index in [0.29, 0.717) is 18.1 Å². The van der Waals surface area contributed by atoms with Crippen molar-refractivity contribution in [1.29, 1.82) is 5.26 Å². The Morgan fingerprint density at radius 2 is 1.38 bits per heavy atom. The number of methoxy groups -OCH3 is 2. The van der Waals surface area contributed by atoms with E-state index in [1.165, 1.54) is 4.57 Å². The lowest BCUT2D eigenvalue weighted by Gasteiger charge is -2.39. The van der Waals surface area contributed by atoms with E-state index in [-0.39, 0.29) is 37.8 Å². The number of nitrogens with zero attached hydrogens (tertiary/aromatic N) is 3. The van der Waals surface area contributed by atoms with Crippen LogP contribution in [0.15, 0.2) is 94.6 Å². The minimum Gasteiger partial charge on any atom is -0.497 e. The summed E-state index contributed by atoms with van der Waals surface area (Å²) in [5.74, 6) is 1.11. The first kappa shape index (κ1) is 38.5. The quantitative estimate of drug-likeness (QED) is 0.0885. The second kappa shape index (κ2) is 18.1. The van der Waals surface area contributed by atoms with Crippen molar-refractivity contribution in [2.24, 2.45) is 5.92 Å². The highest BCUT2D eigenvalue weighted by Crippen LogP contribution is 2.46. The topological polar surface area (TPSA) is 119 Å². The zero-order valence-electron chi connectivity index (χ0n) is 30.1. The monoisotopic (exact) mass is 700 g/mol. The molecule has 2 unspecified atom stereocenters. The lowest BCUT2D eigenvalue weighted by atomic mass is 9.80. The van der Waals surface area contributed by atoms with Crippen LogP contribution in [0, 0.1) is 24.2 Å². The van der Waals surface area contributed by atoms with Gasteiger partial charge in [0.25, 0.3) is 5.56 Å². The molecule has 2 atom stereocenters. The standard InChI is InChI=1S/C39H49N4O6P/c1-28(2)43(29(3)4)50(23-11-22-40)49-27-31(25-42-24-30(5)37(44)41-38(42)45)26-48-39(32-12-9-8-10-13-32,33-14-18-35(46-6)19-15-33)34-16-20-36(47-7)21-17-34/h8-10,12-21,24,28-29,31H,11,23,25-27H2,1-7H3,(H,41,44,45). The number of rotatable bonds is 18. The highest BCUT2D eigenvalue weighted by Gasteiger charge is 2.39. The predicted molar refractivity (Wildman–Crippen MR) is 198 cm³/mol. The minimum atomic E-state index is -1.13. The molecule has 10 nitrogen and oxygen atoms in total. The number of hydrogen-bond acceptors (Lipinski definition) is 8. The van der Waals surface area contributed by atoms with Gasteiger partial charge in [-0.25, -0.2) is 4.79 Å². The molecule has 50 heavy (non-hydrogen) atoms. The zero-order valence-corrected chi connectivity index (χ0v) is 31.0. The SMILES string of the molecule is COc1ccc(C(OCC(COP(CCC#N)N(C(C)C)C(C)C)Cn2cc(C)c(=O)[nH]c2=O)(c2ccccc2)c2ccc(OC)cc2)cc1. The van der Waals surface area contributed by atoms with Crippen molar-refractivity contribution < 1.29 is 18.7 Å². The van der Waals surface area contributed by atoms with Crippen LogP contribution < -0.4 is 20.7 Å². The molecule has 0 spiro atoms. The first-order valence-electron chi connectivity index (χ1n) is 16.9. The number of benzene rings is 3. The fourth-order valence-electron chi connectivity index (χ4n) is 6.20. The molecule has 4 rings (SSSR count). The molecule has 3 aromatic carbocycles. The molecule has 0 aliphatic carbocycles. The molecule has 11 heteroatoms. The van der Waals surface area contributed by atoms with Gasteiger partial charge in [0.15, 0.2) is 0 Å². The van der Waals surface area contributed by atoms with Crippen LogP contribution >= 0.6 is 8.30 Å². The Morgan fingerprint density at radius 3 is 1.88 bits per heavy atom. The molecule has 1 heterocycles. The lowest BCUT2D eigenvalue weighted by Crippen LogP contribution is -2.39. The molecule has 0 radical (unpaired) electrons. The minimum absolute atomic E-state index is 0.183. The Morgan fingerprint density at radius 1 is 0.840 bits per heavy atom. The van der Waals surface area contributed by atoms with E-state index < -0.39 is 25.1 Å². The Labute approximate surface area is 296 Å². The number of ether oxygens (including phenoxy) is 3. The van der Waals surface area contributed by atoms with Gasteiger partial charge in [0.2, 0.25) is 0 Å². The number of hydrogen-bond donors (Lipinski definition) is 1. The van der Waals surface area contributed by atoms with Gasteiger partial charge in [0.05, 0.1) is 33.5 Å². The van der Waals surface area contributed by atoms with Crippen LogP contribution in [0.2, 0.25) is 0 Å². The maximum absolute atomic E-state index is 13.0. The number of nitriles is 1. The van der Waals surface area contributed by atoms with Crippen LogP contribution in [-0.2, 0) is 21.4 Å². The fraction of sp³-hybridized carbons (Fsp3) is 0.410. The average Bonchev–Trinajstić information content (AvgIpc) is 3.12. The summed E-state index contributed by atoms with van der Waals surface area (Å²) in [4.78, 5) is 27.7. The van der Waals surface area contributed by atoms with Gasteiger partial charge < -0.3 is 18.7 Å². The van der Waals surface area contributed by atoms with E-state index >= 15 is 0 Å². The molecule has 4 aromatic rings. The van der Waals surface area contributed by atoms with E-state index in [1.807, 2.05) is 78.9 Å². The third kappa shape index (κ3) is 9.29. The molecule has 0 bridgehead atoms. The predicted octanol–water partition coefficient (Wildman–Crippen LogP) is 6.85. The Balaban J connectivity index is 1.82. The van der Waals surface area contributed by atoms with Gasteiger partial charge in [0.1, 0.15) is 25.4 Å². The fourth-order valence-corrected chi connectivity index (χ4v) is 8.40. The van der Waals surface area contributed by atoms with Crippen LogP contribution in [0.25, 0.3) is 0 Å². The maximum atomic E-state index is 13.0. The summed E-state index contributed by atoms with van der Waals surface area (Å²) >= 11 is 0. The van der Waals surface area contributed by atoms with Crippen molar-refractivity contribution in [3.63, 3.8) is 0 Å². The van der Waals surface area contributed by atoms with E-state index in [9.17, 15) is 14.9 Å². The summed E-state index contributed by atoms with van der Waals surface area (Å²) in [5, 5.41) is 9.47. The number of aromatic amines is 1. The van der Waals surface area contributed by atoms with Crippen molar-refractivity contribution in [3.8, 4) is 17.6 Å². The van der Waals surface area contributed by atoms with E-state index in [1.54, 1.807) is 27.3 Å². The summed E-state index contributed by atoms with van der Waals surface area (Å²) in [5.41, 5.74) is 1.13. The highest BCUT2D eigenvalue weighted by atomic mass is 31.2. The van der Waals surface area contributed by atoms with E-state index in [4.69, 9.17) is 18.7 Å². The first-order chi connectivity index (χ1) is 24.0. The Kier molecular flexibility index (Phi) is 14.0. The molecule has 1 aromatic heterocycles. The van der Waals surface area contributed by atoms with E-state index in [0.717, 1.165) is 28.2 Å². The third-order valence-electron chi connectivity index (χ3n) is 8.54. The van der Waals surface area contributed by atoms with Crippen molar-refractivity contribution in [1.82, 2.24) is 14.2 Å². The summed E-state index contributed by atoms with van der Waals surface area (Å²) in [6.45, 7) is 10.9. The van der Waals surface area contributed by atoms with Gasteiger partial charge in [-0.2, -0.15) is 5.26 Å². The second-order valence-electron chi connectivity index (χ2n) is 12.8. The van der Waals surface area contributed by atoms with Crippen LogP contribution in [0.4, 0.5) is 0 Å². The Hall–Kier alpha value is -4.26. The zero-order chi connectivity index (χ0) is 36.3. The number of H-pyrrole nitrogens is 1. The molecule has 0 saturated carbocycles. The average molecular weight is 701 g/mol. The van der Waals surface area contributed by atoms with E-state index in [2.05, 4.69) is 43.4 Å². The molecular weight excluding hydrogens is 651 g/mol. The summed E-state index contributed by atoms with van der Waals surface area (Å²) in [6, 6.07) is 28.4. The van der Waals surface area contributed by atoms with Crippen LogP contribution in [0.1, 0.15) is 56.4 Å². The maximum Gasteiger partial charge on any atom is 0.328 e. The molecule has 266 valence electrons. The molecule has 0 aliphatic rings. The molecule has 1 N–H and O–H groups in total. The molecule has 0 aliphatic heterocycles.